The molecule has 0 spiro atoms. The number of hydrogen-bond acceptors (Lipinski definition) is 2. The van der Waals surface area contributed by atoms with E-state index in [1.54, 1.807) is 0 Å². The van der Waals surface area contributed by atoms with Gasteiger partial charge in [0.1, 0.15) is 0 Å². The number of rotatable bonds is 4. The molecule has 3 heterocycles. The Morgan fingerprint density at radius 1 is 0.333 bits per heavy atom. The molecule has 51 heavy (non-hydrogen) atoms. The summed E-state index contributed by atoms with van der Waals surface area (Å²) < 4.78 is 2.92. The third-order valence-electron chi connectivity index (χ3n) is 10.5. The topological polar surface area (TPSA) is 0 Å². The maximum atomic E-state index is 2.51. The molecule has 0 amide bonds. The van der Waals surface area contributed by atoms with Crippen molar-refractivity contribution in [1.82, 2.24) is 0 Å². The van der Waals surface area contributed by atoms with Crippen LogP contribution in [0, 0.1) is 0 Å². The standard InChI is InChI=1S/C48H28S2Se/c1-5-16-34-30(12-1)44(31-13-2-6-17-35(31)46(34)40-21-10-26-49-40)29-24-25-38-43(28-29)51-42-23-9-20-39(48(38)42)45-32-14-3-7-18-36(32)47(41-22-11-27-50-41)37-19-8-4-15-33(37)45/h1-28H. The summed E-state index contributed by atoms with van der Waals surface area (Å²) in [5.74, 6) is 0. The Kier molecular flexibility index (Phi) is 6.72. The van der Waals surface area contributed by atoms with Gasteiger partial charge in [0.2, 0.25) is 0 Å². The van der Waals surface area contributed by atoms with Gasteiger partial charge in [-0.1, -0.05) is 0 Å². The van der Waals surface area contributed by atoms with E-state index in [1.807, 2.05) is 22.7 Å². The second-order valence-corrected chi connectivity index (χ2v) is 17.3. The molecule has 0 N–H and O–H groups in total. The van der Waals surface area contributed by atoms with Crippen molar-refractivity contribution in [2.45, 2.75) is 0 Å². The van der Waals surface area contributed by atoms with Crippen LogP contribution in [0.15, 0.2) is 168 Å². The Balaban J connectivity index is 1.19. The summed E-state index contributed by atoms with van der Waals surface area (Å²) in [7, 11) is 0. The molecular weight excluding hydrogens is 720 g/mol. The molecule has 0 radical (unpaired) electrons. The Bertz CT molecular complexity index is 3010. The van der Waals surface area contributed by atoms with Gasteiger partial charge in [0, 0.05) is 0 Å². The van der Waals surface area contributed by atoms with Crippen LogP contribution in [0.2, 0.25) is 0 Å². The fourth-order valence-corrected chi connectivity index (χ4v) is 12.5. The first kappa shape index (κ1) is 29.4. The molecule has 0 aliphatic carbocycles. The van der Waals surface area contributed by atoms with E-state index in [0.29, 0.717) is 0 Å². The molecule has 0 nitrogen and oxygen atoms in total. The second-order valence-electron chi connectivity index (χ2n) is 13.1. The van der Waals surface area contributed by atoms with Gasteiger partial charge in [0.15, 0.2) is 0 Å². The van der Waals surface area contributed by atoms with Gasteiger partial charge in [-0.05, 0) is 0 Å². The molecule has 3 aromatic heterocycles. The number of hydrogen-bond donors (Lipinski definition) is 0. The van der Waals surface area contributed by atoms with Gasteiger partial charge in [0.05, 0.1) is 0 Å². The molecule has 238 valence electrons. The average molecular weight is 748 g/mol. The van der Waals surface area contributed by atoms with E-state index >= 15 is 0 Å². The molecule has 3 heteroatoms. The molecule has 11 rings (SSSR count). The van der Waals surface area contributed by atoms with Gasteiger partial charge >= 0.3 is 311 Å². The molecular formula is C48H28S2Se. The van der Waals surface area contributed by atoms with E-state index in [2.05, 4.69) is 168 Å². The molecule has 8 aromatic carbocycles. The van der Waals surface area contributed by atoms with Gasteiger partial charge in [-0.25, -0.2) is 0 Å². The van der Waals surface area contributed by atoms with Gasteiger partial charge in [-0.3, -0.25) is 0 Å². The normalized spacial score (nSPS) is 11.9. The van der Waals surface area contributed by atoms with Crippen molar-refractivity contribution in [2.24, 2.45) is 0 Å². The van der Waals surface area contributed by atoms with E-state index in [9.17, 15) is 0 Å². The minimum absolute atomic E-state index is 0.196. The average Bonchev–Trinajstić information content (AvgIpc) is 3.98. The van der Waals surface area contributed by atoms with Crippen molar-refractivity contribution in [3.8, 4) is 43.1 Å². The van der Waals surface area contributed by atoms with Gasteiger partial charge < -0.3 is 0 Å². The van der Waals surface area contributed by atoms with Crippen LogP contribution in [-0.4, -0.2) is 14.5 Å². The van der Waals surface area contributed by atoms with Crippen molar-refractivity contribution < 1.29 is 0 Å². The first-order valence-electron chi connectivity index (χ1n) is 17.2. The van der Waals surface area contributed by atoms with Crippen LogP contribution < -0.4 is 0 Å². The van der Waals surface area contributed by atoms with E-state index < -0.39 is 0 Å². The Morgan fingerprint density at radius 2 is 0.804 bits per heavy atom. The van der Waals surface area contributed by atoms with Crippen LogP contribution in [0.5, 0.6) is 0 Å². The zero-order valence-electron chi connectivity index (χ0n) is 27.4. The van der Waals surface area contributed by atoms with Crippen molar-refractivity contribution in [3.63, 3.8) is 0 Å². The molecule has 0 unspecified atom stereocenters. The summed E-state index contributed by atoms with van der Waals surface area (Å²) in [6.45, 7) is 0. The summed E-state index contributed by atoms with van der Waals surface area (Å²) in [5.41, 5.74) is 7.98. The number of fused-ring (bicyclic) bond motifs is 7. The third-order valence-corrected chi connectivity index (χ3v) is 14.6. The van der Waals surface area contributed by atoms with E-state index in [-0.39, 0.29) is 14.5 Å². The predicted molar refractivity (Wildman–Crippen MR) is 226 cm³/mol. The fourth-order valence-electron chi connectivity index (χ4n) is 8.42. The van der Waals surface area contributed by atoms with Gasteiger partial charge in [-0.2, -0.15) is 0 Å². The molecule has 0 bridgehead atoms. The molecule has 0 saturated carbocycles. The van der Waals surface area contributed by atoms with Crippen LogP contribution in [-0.2, 0) is 0 Å². The first-order chi connectivity index (χ1) is 25.3. The third kappa shape index (κ3) is 4.43. The molecule has 0 aliphatic rings. The molecule has 0 fully saturated rings. The SMILES string of the molecule is c1csc(-c2c3ccccc3c(-c3ccc4c(c3)[se]c3cccc(-c5c6ccccc6c(-c6cccs6)c6ccccc56)c34)c3ccccc23)c1. The maximum absolute atomic E-state index is 2.51. The Morgan fingerprint density at radius 3 is 1.27 bits per heavy atom. The summed E-state index contributed by atoms with van der Waals surface area (Å²) >= 11 is 3.84. The Hall–Kier alpha value is -5.28. The van der Waals surface area contributed by atoms with Crippen LogP contribution in [0.1, 0.15) is 0 Å². The quantitative estimate of drug-likeness (QED) is 0.124. The monoisotopic (exact) mass is 748 g/mol. The fraction of sp³-hybridized carbons (Fsp3) is 0. The van der Waals surface area contributed by atoms with Crippen LogP contribution >= 0.6 is 22.7 Å². The summed E-state index contributed by atoms with van der Waals surface area (Å²) in [5, 5.41) is 17.7. The van der Waals surface area contributed by atoms with Crippen LogP contribution in [0.3, 0.4) is 0 Å². The summed E-state index contributed by atoms with van der Waals surface area (Å²) in [4.78, 5) is 2.63. The van der Waals surface area contributed by atoms with Crippen molar-refractivity contribution in [1.29, 1.82) is 0 Å². The zero-order valence-corrected chi connectivity index (χ0v) is 30.7. The molecule has 0 atom stereocenters. The zero-order chi connectivity index (χ0) is 33.5. The number of benzene rings is 8. The van der Waals surface area contributed by atoms with Crippen molar-refractivity contribution >= 4 is 99.6 Å². The molecule has 0 aliphatic heterocycles. The van der Waals surface area contributed by atoms with Gasteiger partial charge in [-0.15, -0.1) is 0 Å². The van der Waals surface area contributed by atoms with Gasteiger partial charge in [0.25, 0.3) is 0 Å². The minimum atomic E-state index is 0.196. The second kappa shape index (κ2) is 11.6. The first-order valence-corrected chi connectivity index (χ1v) is 20.7. The summed E-state index contributed by atoms with van der Waals surface area (Å²) in [6.07, 6.45) is 0. The van der Waals surface area contributed by atoms with Crippen LogP contribution in [0.4, 0.5) is 0 Å². The molecule has 11 aromatic rings. The van der Waals surface area contributed by atoms with E-state index in [0.717, 1.165) is 0 Å². The van der Waals surface area contributed by atoms with E-state index in [4.69, 9.17) is 0 Å². The Labute approximate surface area is 309 Å². The van der Waals surface area contributed by atoms with Crippen molar-refractivity contribution in [3.05, 3.63) is 168 Å². The van der Waals surface area contributed by atoms with Crippen LogP contribution in [0.25, 0.3) is 106 Å². The van der Waals surface area contributed by atoms with E-state index in [1.165, 1.54) is 106 Å². The summed E-state index contributed by atoms with van der Waals surface area (Å²) in [6, 6.07) is 59.2. The predicted octanol–water partition coefficient (Wildman–Crippen LogP) is 14.5. The number of thiophene rings is 2. The van der Waals surface area contributed by atoms with Crippen molar-refractivity contribution in [2.75, 3.05) is 0 Å². The molecule has 0 saturated heterocycles.